The number of anilines is 1. The number of rotatable bonds is 2. The van der Waals surface area contributed by atoms with Gasteiger partial charge in [0, 0.05) is 0 Å². The number of carbonyl (C=O) groups is 3. The number of imide groups is 1. The standard InChI is InChI=1S/C18H14ClNO4/c19-13-4-1-7(5-12(13)18(23)24)20-16(21)14-8-2-3-9(11-6-10(8)11)15(14)17(20)22/h1-5,8-11,14-15H,6H2,(H,23,24)/t8-,9+,10-,11-,14+,15-/m0/s1. The molecule has 5 aliphatic rings. The molecule has 6 rings (SSSR count). The number of hydrogen-bond donors (Lipinski definition) is 1. The molecular formula is C18H14ClNO4. The fourth-order valence-corrected chi connectivity index (χ4v) is 5.23. The lowest BCUT2D eigenvalue weighted by Gasteiger charge is -2.37. The van der Waals surface area contributed by atoms with Crippen LogP contribution in [0.1, 0.15) is 16.8 Å². The van der Waals surface area contributed by atoms with Gasteiger partial charge in [0.2, 0.25) is 11.8 Å². The average molecular weight is 344 g/mol. The van der Waals surface area contributed by atoms with Gasteiger partial charge in [-0.25, -0.2) is 9.69 Å². The van der Waals surface area contributed by atoms with Crippen molar-refractivity contribution < 1.29 is 19.5 Å². The average Bonchev–Trinajstić information content (AvgIpc) is 3.33. The Kier molecular flexibility index (Phi) is 2.65. The lowest BCUT2D eigenvalue weighted by molar-refractivity contribution is -0.124. The van der Waals surface area contributed by atoms with Gasteiger partial charge in [-0.2, -0.15) is 0 Å². The molecule has 1 aliphatic heterocycles. The zero-order valence-corrected chi connectivity index (χ0v) is 13.3. The predicted octanol–water partition coefficient (Wildman–Crippen LogP) is 2.60. The molecule has 122 valence electrons. The predicted molar refractivity (Wildman–Crippen MR) is 85.6 cm³/mol. The van der Waals surface area contributed by atoms with E-state index in [4.69, 9.17) is 11.6 Å². The highest BCUT2D eigenvalue weighted by Gasteiger charge is 2.67. The Morgan fingerprint density at radius 3 is 2.21 bits per heavy atom. The number of amides is 2. The normalized spacial score (nSPS) is 38.3. The summed E-state index contributed by atoms with van der Waals surface area (Å²) < 4.78 is 0. The first-order valence-corrected chi connectivity index (χ1v) is 8.46. The Hall–Kier alpha value is -2.14. The summed E-state index contributed by atoms with van der Waals surface area (Å²) >= 11 is 5.89. The van der Waals surface area contributed by atoms with Crippen LogP contribution in [-0.2, 0) is 9.59 Å². The summed E-state index contributed by atoms with van der Waals surface area (Å²) in [6, 6.07) is 4.28. The lowest BCUT2D eigenvalue weighted by atomic mass is 9.63. The third-order valence-corrected chi connectivity index (χ3v) is 6.43. The Balaban J connectivity index is 1.57. The summed E-state index contributed by atoms with van der Waals surface area (Å²) in [6.45, 7) is 0. The second-order valence-corrected chi connectivity index (χ2v) is 7.54. The molecule has 2 amide bonds. The van der Waals surface area contributed by atoms with Crippen LogP contribution < -0.4 is 4.90 Å². The number of carboxylic acids is 1. The molecule has 1 N–H and O–H groups in total. The number of benzene rings is 1. The molecule has 0 unspecified atom stereocenters. The Morgan fingerprint density at radius 1 is 1.08 bits per heavy atom. The minimum Gasteiger partial charge on any atom is -0.478 e. The molecule has 24 heavy (non-hydrogen) atoms. The number of halogens is 1. The summed E-state index contributed by atoms with van der Waals surface area (Å²) in [4.78, 5) is 38.4. The van der Waals surface area contributed by atoms with E-state index in [1.807, 2.05) is 0 Å². The van der Waals surface area contributed by atoms with Crippen molar-refractivity contribution in [1.29, 1.82) is 0 Å². The molecule has 0 radical (unpaired) electrons. The number of aromatic carboxylic acids is 1. The molecule has 4 aliphatic carbocycles. The number of carbonyl (C=O) groups excluding carboxylic acids is 2. The molecule has 3 fully saturated rings. The third-order valence-electron chi connectivity index (χ3n) is 6.10. The van der Waals surface area contributed by atoms with E-state index in [1.165, 1.54) is 23.1 Å². The smallest absolute Gasteiger partial charge is 0.337 e. The van der Waals surface area contributed by atoms with Gasteiger partial charge in [-0.3, -0.25) is 9.59 Å². The molecule has 2 bridgehead atoms. The van der Waals surface area contributed by atoms with Crippen molar-refractivity contribution in [3.63, 3.8) is 0 Å². The lowest BCUT2D eigenvalue weighted by Crippen LogP contribution is -2.40. The van der Waals surface area contributed by atoms with Gasteiger partial charge in [-0.15, -0.1) is 0 Å². The van der Waals surface area contributed by atoms with E-state index < -0.39 is 5.97 Å². The van der Waals surface area contributed by atoms with Gasteiger partial charge in [0.25, 0.3) is 0 Å². The van der Waals surface area contributed by atoms with Crippen molar-refractivity contribution >= 4 is 35.1 Å². The van der Waals surface area contributed by atoms with E-state index in [2.05, 4.69) is 12.2 Å². The summed E-state index contributed by atoms with van der Waals surface area (Å²) in [6.07, 6.45) is 5.33. The molecular weight excluding hydrogens is 330 g/mol. The van der Waals surface area contributed by atoms with Crippen molar-refractivity contribution in [2.45, 2.75) is 6.42 Å². The maximum Gasteiger partial charge on any atom is 0.337 e. The highest BCUT2D eigenvalue weighted by molar-refractivity contribution is 6.34. The third kappa shape index (κ3) is 1.63. The SMILES string of the molecule is O=C(O)c1cc(N2C(=O)[C@@H]3[C@H]4C=C[C@H]([C@@H]5C[C@@H]45)[C@@H]3C2=O)ccc1Cl. The van der Waals surface area contributed by atoms with Crippen molar-refractivity contribution in [2.24, 2.45) is 35.5 Å². The largest absolute Gasteiger partial charge is 0.478 e. The molecule has 5 nitrogen and oxygen atoms in total. The highest BCUT2D eigenvalue weighted by Crippen LogP contribution is 2.65. The Labute approximate surface area is 142 Å². The van der Waals surface area contributed by atoms with Gasteiger partial charge in [-0.05, 0) is 48.3 Å². The van der Waals surface area contributed by atoms with Crippen LogP contribution >= 0.6 is 11.6 Å². The van der Waals surface area contributed by atoms with Crippen LogP contribution in [0.4, 0.5) is 5.69 Å². The molecule has 6 heteroatoms. The van der Waals surface area contributed by atoms with E-state index in [-0.39, 0.29) is 46.1 Å². The topological polar surface area (TPSA) is 74.7 Å². The minimum absolute atomic E-state index is 0.0886. The second kappa shape index (κ2) is 4.48. The highest BCUT2D eigenvalue weighted by atomic mass is 35.5. The van der Waals surface area contributed by atoms with Crippen LogP contribution in [0.15, 0.2) is 30.4 Å². The quantitative estimate of drug-likeness (QED) is 0.661. The van der Waals surface area contributed by atoms with Crippen LogP contribution in [0, 0.1) is 35.5 Å². The van der Waals surface area contributed by atoms with Crippen LogP contribution in [0.25, 0.3) is 0 Å². The van der Waals surface area contributed by atoms with E-state index in [9.17, 15) is 19.5 Å². The Bertz CT molecular complexity index is 811. The van der Waals surface area contributed by atoms with Crippen LogP contribution in [0.5, 0.6) is 0 Å². The number of hydrogen-bond acceptors (Lipinski definition) is 3. The first-order chi connectivity index (χ1) is 11.5. The number of carboxylic acid groups (broad SMARTS) is 1. The van der Waals surface area contributed by atoms with Gasteiger partial charge in [0.05, 0.1) is 28.1 Å². The van der Waals surface area contributed by atoms with Crippen molar-refractivity contribution in [3.8, 4) is 0 Å². The van der Waals surface area contributed by atoms with Gasteiger partial charge in [0.1, 0.15) is 0 Å². The monoisotopic (exact) mass is 343 g/mol. The van der Waals surface area contributed by atoms with Gasteiger partial charge in [-0.1, -0.05) is 23.8 Å². The molecule has 0 aromatic heterocycles. The first-order valence-electron chi connectivity index (χ1n) is 8.08. The molecule has 1 saturated heterocycles. The summed E-state index contributed by atoms with van der Waals surface area (Å²) in [5.74, 6) is -0.783. The van der Waals surface area contributed by atoms with E-state index >= 15 is 0 Å². The molecule has 2 saturated carbocycles. The van der Waals surface area contributed by atoms with Crippen molar-refractivity contribution in [2.75, 3.05) is 4.90 Å². The van der Waals surface area contributed by atoms with E-state index in [0.717, 1.165) is 6.42 Å². The summed E-state index contributed by atoms with van der Waals surface area (Å²) in [5.41, 5.74) is 0.197. The first kappa shape index (κ1) is 14.2. The number of nitrogens with zero attached hydrogens (tertiary/aromatic N) is 1. The maximum atomic E-state index is 13.0. The minimum atomic E-state index is -1.18. The molecule has 1 heterocycles. The van der Waals surface area contributed by atoms with Gasteiger partial charge < -0.3 is 5.11 Å². The zero-order valence-electron chi connectivity index (χ0n) is 12.6. The Morgan fingerprint density at radius 2 is 1.67 bits per heavy atom. The summed E-state index contributed by atoms with van der Waals surface area (Å²) in [7, 11) is 0. The fraction of sp³-hybridized carbons (Fsp3) is 0.389. The maximum absolute atomic E-state index is 13.0. The van der Waals surface area contributed by atoms with Crippen molar-refractivity contribution in [1.82, 2.24) is 0 Å². The van der Waals surface area contributed by atoms with Crippen LogP contribution in [0.3, 0.4) is 0 Å². The summed E-state index contributed by atoms with van der Waals surface area (Å²) in [5, 5.41) is 9.31. The van der Waals surface area contributed by atoms with Gasteiger partial charge >= 0.3 is 5.97 Å². The number of allylic oxidation sites excluding steroid dienone is 2. The zero-order chi connectivity index (χ0) is 16.7. The molecule has 1 aromatic rings. The van der Waals surface area contributed by atoms with Crippen molar-refractivity contribution in [3.05, 3.63) is 40.9 Å². The van der Waals surface area contributed by atoms with E-state index in [0.29, 0.717) is 17.5 Å². The van der Waals surface area contributed by atoms with Crippen LogP contribution in [0.2, 0.25) is 5.02 Å². The van der Waals surface area contributed by atoms with E-state index in [1.54, 1.807) is 0 Å². The second-order valence-electron chi connectivity index (χ2n) is 7.14. The van der Waals surface area contributed by atoms with Gasteiger partial charge in [0.15, 0.2) is 0 Å². The fourth-order valence-electron chi connectivity index (χ4n) is 5.03. The molecule has 6 atom stereocenters. The molecule has 0 spiro atoms. The molecule has 1 aromatic carbocycles. The van der Waals surface area contributed by atoms with Crippen LogP contribution in [-0.4, -0.2) is 22.9 Å².